The molecular formula is C28H24ClNO7. The van der Waals surface area contributed by atoms with Gasteiger partial charge in [-0.25, -0.2) is 4.79 Å². The molecule has 1 aliphatic heterocycles. The van der Waals surface area contributed by atoms with Gasteiger partial charge in [0.05, 0.1) is 49.1 Å². The molecule has 8 nitrogen and oxygen atoms in total. The highest BCUT2D eigenvalue weighted by molar-refractivity contribution is 6.51. The van der Waals surface area contributed by atoms with Crippen LogP contribution in [0.4, 0.5) is 5.69 Å². The molecule has 0 radical (unpaired) electrons. The van der Waals surface area contributed by atoms with Crippen LogP contribution < -0.4 is 14.4 Å². The van der Waals surface area contributed by atoms with Gasteiger partial charge in [-0.05, 0) is 60.5 Å². The van der Waals surface area contributed by atoms with Crippen LogP contribution >= 0.6 is 11.6 Å². The second kappa shape index (κ2) is 10.4. The number of carbonyl (C=O) groups is 3. The SMILES string of the molecule is COC(=O)c1cccc(N2C(=O)C(=O)/C(=C(/O)c3cc(C)cc(Cl)c3OC)C2c2cccc(OC)c2)c1. The molecule has 1 unspecified atom stereocenters. The van der Waals surface area contributed by atoms with Gasteiger partial charge < -0.3 is 19.3 Å². The predicted molar refractivity (Wildman–Crippen MR) is 138 cm³/mol. The van der Waals surface area contributed by atoms with Crippen LogP contribution in [-0.2, 0) is 14.3 Å². The summed E-state index contributed by atoms with van der Waals surface area (Å²) in [4.78, 5) is 40.3. The lowest BCUT2D eigenvalue weighted by atomic mass is 9.94. The number of aliphatic hydroxyl groups excluding tert-OH is 1. The second-order valence-corrected chi connectivity index (χ2v) is 8.72. The lowest BCUT2D eigenvalue weighted by Crippen LogP contribution is -2.29. The zero-order chi connectivity index (χ0) is 26.9. The van der Waals surface area contributed by atoms with Gasteiger partial charge in [0.25, 0.3) is 11.7 Å². The van der Waals surface area contributed by atoms with Crippen LogP contribution in [0.25, 0.3) is 5.76 Å². The third-order valence-electron chi connectivity index (χ3n) is 6.05. The van der Waals surface area contributed by atoms with E-state index in [9.17, 15) is 19.5 Å². The first kappa shape index (κ1) is 25.8. The molecule has 0 bridgehead atoms. The molecule has 190 valence electrons. The van der Waals surface area contributed by atoms with Crippen LogP contribution in [0.1, 0.15) is 33.1 Å². The fourth-order valence-electron chi connectivity index (χ4n) is 4.38. The molecule has 1 fully saturated rings. The topological polar surface area (TPSA) is 102 Å². The highest BCUT2D eigenvalue weighted by atomic mass is 35.5. The normalized spacial score (nSPS) is 16.6. The first-order valence-electron chi connectivity index (χ1n) is 11.2. The zero-order valence-electron chi connectivity index (χ0n) is 20.6. The third-order valence-corrected chi connectivity index (χ3v) is 6.33. The number of ether oxygens (including phenoxy) is 3. The fourth-order valence-corrected chi connectivity index (χ4v) is 4.73. The highest BCUT2D eigenvalue weighted by Gasteiger charge is 2.47. The van der Waals surface area contributed by atoms with Crippen molar-refractivity contribution in [3.8, 4) is 11.5 Å². The first-order valence-corrected chi connectivity index (χ1v) is 11.6. The molecule has 0 aliphatic carbocycles. The van der Waals surface area contributed by atoms with Gasteiger partial charge in [0.2, 0.25) is 0 Å². The lowest BCUT2D eigenvalue weighted by Gasteiger charge is -2.26. The van der Waals surface area contributed by atoms with E-state index in [4.69, 9.17) is 25.8 Å². The molecular weight excluding hydrogens is 498 g/mol. The molecule has 4 rings (SSSR count). The summed E-state index contributed by atoms with van der Waals surface area (Å²) < 4.78 is 15.6. The summed E-state index contributed by atoms with van der Waals surface area (Å²) in [5, 5.41) is 11.7. The van der Waals surface area contributed by atoms with Crippen LogP contribution in [0.3, 0.4) is 0 Å². The van der Waals surface area contributed by atoms with Crippen molar-refractivity contribution in [3.63, 3.8) is 0 Å². The van der Waals surface area contributed by atoms with Crippen LogP contribution in [0.5, 0.6) is 11.5 Å². The smallest absolute Gasteiger partial charge is 0.337 e. The van der Waals surface area contributed by atoms with E-state index >= 15 is 0 Å². The summed E-state index contributed by atoms with van der Waals surface area (Å²) in [6, 6.07) is 15.2. The Balaban J connectivity index is 2.01. The molecule has 37 heavy (non-hydrogen) atoms. The van der Waals surface area contributed by atoms with Crippen LogP contribution in [0, 0.1) is 6.92 Å². The van der Waals surface area contributed by atoms with Gasteiger partial charge in [0, 0.05) is 5.69 Å². The summed E-state index contributed by atoms with van der Waals surface area (Å²) in [5.74, 6) is -2.19. The summed E-state index contributed by atoms with van der Waals surface area (Å²) >= 11 is 6.35. The van der Waals surface area contributed by atoms with Crippen molar-refractivity contribution in [1.82, 2.24) is 0 Å². The maximum atomic E-state index is 13.5. The average molecular weight is 522 g/mol. The average Bonchev–Trinajstić information content (AvgIpc) is 3.17. The second-order valence-electron chi connectivity index (χ2n) is 8.32. The number of esters is 1. The quantitative estimate of drug-likeness (QED) is 0.209. The number of aryl methyl sites for hydroxylation is 1. The molecule has 3 aromatic carbocycles. The Morgan fingerprint density at radius 2 is 1.70 bits per heavy atom. The molecule has 1 saturated heterocycles. The molecule has 1 atom stereocenters. The molecule has 0 spiro atoms. The molecule has 0 aromatic heterocycles. The number of amides is 1. The molecule has 1 aliphatic rings. The zero-order valence-corrected chi connectivity index (χ0v) is 21.3. The number of Topliss-reactive ketones (excluding diaryl/α,β-unsaturated/α-hetero) is 1. The number of rotatable bonds is 6. The Morgan fingerprint density at radius 1 is 0.973 bits per heavy atom. The minimum absolute atomic E-state index is 0.160. The Bertz CT molecular complexity index is 1450. The van der Waals surface area contributed by atoms with E-state index in [-0.39, 0.29) is 33.2 Å². The molecule has 1 heterocycles. The minimum Gasteiger partial charge on any atom is -0.507 e. The Morgan fingerprint density at radius 3 is 2.38 bits per heavy atom. The van der Waals surface area contributed by atoms with Gasteiger partial charge >= 0.3 is 5.97 Å². The molecule has 0 saturated carbocycles. The Kier molecular flexibility index (Phi) is 7.22. The van der Waals surface area contributed by atoms with Crippen molar-refractivity contribution < 1.29 is 33.7 Å². The van der Waals surface area contributed by atoms with Gasteiger partial charge in [-0.2, -0.15) is 0 Å². The maximum Gasteiger partial charge on any atom is 0.337 e. The van der Waals surface area contributed by atoms with Crippen molar-refractivity contribution in [3.05, 3.63) is 93.5 Å². The van der Waals surface area contributed by atoms with Gasteiger partial charge in [0.1, 0.15) is 17.3 Å². The summed E-state index contributed by atoms with van der Waals surface area (Å²) in [6.45, 7) is 1.78. The van der Waals surface area contributed by atoms with Crippen LogP contribution in [0.15, 0.2) is 66.2 Å². The van der Waals surface area contributed by atoms with Crippen molar-refractivity contribution in [2.45, 2.75) is 13.0 Å². The van der Waals surface area contributed by atoms with Gasteiger partial charge in [-0.3, -0.25) is 14.5 Å². The van der Waals surface area contributed by atoms with Gasteiger partial charge in [-0.1, -0.05) is 29.8 Å². The lowest BCUT2D eigenvalue weighted by molar-refractivity contribution is -0.132. The van der Waals surface area contributed by atoms with E-state index < -0.39 is 29.5 Å². The Hall–Kier alpha value is -4.30. The summed E-state index contributed by atoms with van der Waals surface area (Å²) in [5.41, 5.74) is 1.68. The molecule has 1 amide bonds. The van der Waals surface area contributed by atoms with E-state index in [0.717, 1.165) is 0 Å². The Labute approximate surface area is 218 Å². The van der Waals surface area contributed by atoms with Gasteiger partial charge in [-0.15, -0.1) is 0 Å². The molecule has 1 N–H and O–H groups in total. The number of hydrogen-bond donors (Lipinski definition) is 1. The van der Waals surface area contributed by atoms with Crippen molar-refractivity contribution >= 4 is 40.7 Å². The van der Waals surface area contributed by atoms with Crippen molar-refractivity contribution in [2.75, 3.05) is 26.2 Å². The predicted octanol–water partition coefficient (Wildman–Crippen LogP) is 5.08. The van der Waals surface area contributed by atoms with Crippen LogP contribution in [-0.4, -0.2) is 44.1 Å². The molecule has 3 aromatic rings. The van der Waals surface area contributed by atoms with Crippen molar-refractivity contribution in [2.24, 2.45) is 0 Å². The minimum atomic E-state index is -1.05. The molecule has 9 heteroatoms. The third kappa shape index (κ3) is 4.63. The number of aliphatic hydroxyl groups is 1. The van der Waals surface area contributed by atoms with E-state index in [2.05, 4.69) is 0 Å². The highest BCUT2D eigenvalue weighted by Crippen LogP contribution is 2.45. The fraction of sp³-hybridized carbons (Fsp3) is 0.179. The maximum absolute atomic E-state index is 13.5. The number of carbonyl (C=O) groups excluding carboxylic acids is 3. The number of methoxy groups -OCH3 is 3. The largest absolute Gasteiger partial charge is 0.507 e. The number of nitrogens with zero attached hydrogens (tertiary/aromatic N) is 1. The van der Waals surface area contributed by atoms with Crippen molar-refractivity contribution in [1.29, 1.82) is 0 Å². The van der Waals surface area contributed by atoms with E-state index in [1.54, 1.807) is 55.5 Å². The van der Waals surface area contributed by atoms with Crippen LogP contribution in [0.2, 0.25) is 5.02 Å². The summed E-state index contributed by atoms with van der Waals surface area (Å²) in [6.07, 6.45) is 0. The number of hydrogen-bond acceptors (Lipinski definition) is 7. The number of benzene rings is 3. The van der Waals surface area contributed by atoms with E-state index in [0.29, 0.717) is 16.9 Å². The van der Waals surface area contributed by atoms with E-state index in [1.165, 1.54) is 38.4 Å². The summed E-state index contributed by atoms with van der Waals surface area (Å²) in [7, 11) is 4.14. The number of halogens is 1. The number of anilines is 1. The number of ketones is 1. The van der Waals surface area contributed by atoms with E-state index in [1.807, 2.05) is 0 Å². The van der Waals surface area contributed by atoms with Gasteiger partial charge in [0.15, 0.2) is 0 Å². The first-order chi connectivity index (χ1) is 17.7. The monoisotopic (exact) mass is 521 g/mol. The standard InChI is InChI=1S/C28H24ClNO7/c1-15-11-20(26(36-3)21(29)12-15)24(31)22-23(16-7-6-10-19(14-16)35-2)30(27(33)25(22)32)18-9-5-8-17(13-18)28(34)37-4/h5-14,23,31H,1-4H3/b24-22+.